The van der Waals surface area contributed by atoms with Gasteiger partial charge < -0.3 is 14.2 Å². The van der Waals surface area contributed by atoms with Crippen LogP contribution >= 0.6 is 0 Å². The maximum atomic E-state index is 12.1. The lowest BCUT2D eigenvalue weighted by atomic mass is 9.49. The van der Waals surface area contributed by atoms with Crippen LogP contribution in [0.5, 0.6) is 0 Å². The van der Waals surface area contributed by atoms with E-state index in [1.165, 1.54) is 38.5 Å². The summed E-state index contributed by atoms with van der Waals surface area (Å²) in [5.41, 5.74) is -0.172. The van der Waals surface area contributed by atoms with Crippen molar-refractivity contribution in [1.29, 1.82) is 0 Å². The third kappa shape index (κ3) is 2.90. The fraction of sp³-hybridized carbons (Fsp3) is 0.950. The molecule has 1 aliphatic heterocycles. The Morgan fingerprint density at radius 1 is 1.12 bits per heavy atom. The second kappa shape index (κ2) is 5.98. The molecule has 0 aromatic rings. The summed E-state index contributed by atoms with van der Waals surface area (Å²) in [5, 5.41) is 0. The van der Waals surface area contributed by atoms with Crippen LogP contribution in [0.4, 0.5) is 0 Å². The Labute approximate surface area is 145 Å². The first-order valence-electron chi connectivity index (χ1n) is 9.84. The Hall–Kier alpha value is -0.610. The Balaban J connectivity index is 1.33. The summed E-state index contributed by atoms with van der Waals surface area (Å²) < 4.78 is 17.8. The average Bonchev–Trinajstić information content (AvgIpc) is 3.01. The van der Waals surface area contributed by atoms with Gasteiger partial charge in [-0.25, -0.2) is 0 Å². The van der Waals surface area contributed by atoms with E-state index in [9.17, 15) is 4.79 Å². The molecule has 1 saturated heterocycles. The van der Waals surface area contributed by atoms with Crippen molar-refractivity contribution in [1.82, 2.24) is 0 Å². The van der Waals surface area contributed by atoms with E-state index in [-0.39, 0.29) is 23.8 Å². The van der Waals surface area contributed by atoms with Crippen LogP contribution in [-0.2, 0) is 19.0 Å². The quantitative estimate of drug-likeness (QED) is 0.714. The number of rotatable bonds is 5. The number of hydrogen-bond acceptors (Lipinski definition) is 4. The van der Waals surface area contributed by atoms with E-state index >= 15 is 0 Å². The molecule has 4 nitrogen and oxygen atoms in total. The van der Waals surface area contributed by atoms with Crippen LogP contribution < -0.4 is 0 Å². The molecular weight excluding hydrogens is 304 g/mol. The normalized spacial score (nSPS) is 44.0. The Bertz CT molecular complexity index is 463. The highest BCUT2D eigenvalue weighted by Crippen LogP contribution is 2.62. The van der Waals surface area contributed by atoms with Crippen LogP contribution in [0.25, 0.3) is 0 Å². The summed E-state index contributed by atoms with van der Waals surface area (Å²) in [6, 6.07) is 0. The molecule has 0 spiro atoms. The van der Waals surface area contributed by atoms with E-state index in [1.54, 1.807) is 0 Å². The van der Waals surface area contributed by atoms with Crippen LogP contribution in [0.1, 0.15) is 65.7 Å². The van der Waals surface area contributed by atoms with Gasteiger partial charge in [0.25, 0.3) is 0 Å². The van der Waals surface area contributed by atoms with Gasteiger partial charge in [-0.05, 0) is 76.5 Å². The highest BCUT2D eigenvalue weighted by atomic mass is 16.7. The minimum Gasteiger partial charge on any atom is -0.462 e. The smallest absolute Gasteiger partial charge is 0.311 e. The molecule has 24 heavy (non-hydrogen) atoms. The van der Waals surface area contributed by atoms with Crippen molar-refractivity contribution in [3.8, 4) is 0 Å². The van der Waals surface area contributed by atoms with Crippen molar-refractivity contribution in [2.75, 3.05) is 13.2 Å². The van der Waals surface area contributed by atoms with Crippen LogP contribution in [0.3, 0.4) is 0 Å². The van der Waals surface area contributed by atoms with Gasteiger partial charge >= 0.3 is 5.97 Å². The molecule has 4 bridgehead atoms. The lowest BCUT2D eigenvalue weighted by Crippen LogP contribution is -2.52. The lowest BCUT2D eigenvalue weighted by molar-refractivity contribution is -0.209. The fourth-order valence-electron chi connectivity index (χ4n) is 5.83. The number of ether oxygens (including phenoxy) is 3. The van der Waals surface area contributed by atoms with Gasteiger partial charge in [0, 0.05) is 5.41 Å². The molecule has 5 aliphatic rings. The standard InChI is InChI=1S/C20H32O4/c1-4-19(2,3)17(21)22-11-16-12-23-18(24-16)20-8-13-5-14(9-20)7-15(6-13)10-20/h13-16,18H,4-12H2,1-3H3. The molecule has 136 valence electrons. The topological polar surface area (TPSA) is 44.8 Å². The van der Waals surface area contributed by atoms with Crippen molar-refractivity contribution < 1.29 is 19.0 Å². The van der Waals surface area contributed by atoms with E-state index in [0.29, 0.717) is 13.2 Å². The third-order valence-electron chi connectivity index (χ3n) is 7.17. The highest BCUT2D eigenvalue weighted by Gasteiger charge is 2.56. The predicted molar refractivity (Wildman–Crippen MR) is 90.2 cm³/mol. The van der Waals surface area contributed by atoms with Crippen molar-refractivity contribution >= 4 is 5.97 Å². The Morgan fingerprint density at radius 2 is 1.71 bits per heavy atom. The fourth-order valence-corrected chi connectivity index (χ4v) is 5.83. The van der Waals surface area contributed by atoms with Crippen molar-refractivity contribution in [3.05, 3.63) is 0 Å². The van der Waals surface area contributed by atoms with Crippen molar-refractivity contribution in [2.24, 2.45) is 28.6 Å². The Morgan fingerprint density at radius 3 is 2.25 bits per heavy atom. The van der Waals surface area contributed by atoms with Crippen LogP contribution in [0, 0.1) is 28.6 Å². The summed E-state index contributed by atoms with van der Waals surface area (Å²) in [4.78, 5) is 12.1. The van der Waals surface area contributed by atoms with Gasteiger partial charge in [-0.2, -0.15) is 0 Å². The molecule has 0 aromatic heterocycles. The first-order chi connectivity index (χ1) is 11.4. The summed E-state index contributed by atoms with van der Waals surface area (Å²) in [6.07, 6.45) is 8.73. The van der Waals surface area contributed by atoms with E-state index < -0.39 is 5.41 Å². The molecule has 5 rings (SSSR count). The molecule has 5 fully saturated rings. The first-order valence-corrected chi connectivity index (χ1v) is 9.84. The van der Waals surface area contributed by atoms with Crippen molar-refractivity contribution in [2.45, 2.75) is 78.1 Å². The average molecular weight is 336 g/mol. The van der Waals surface area contributed by atoms with Gasteiger partial charge in [0.05, 0.1) is 12.0 Å². The highest BCUT2D eigenvalue weighted by molar-refractivity contribution is 5.75. The zero-order chi connectivity index (χ0) is 16.9. The summed E-state index contributed by atoms with van der Waals surface area (Å²) in [7, 11) is 0. The molecular formula is C20H32O4. The molecule has 4 heteroatoms. The number of carbonyl (C=O) groups is 1. The molecule has 2 atom stereocenters. The minimum absolute atomic E-state index is 0.0752. The number of carbonyl (C=O) groups excluding carboxylic acids is 1. The van der Waals surface area contributed by atoms with Crippen molar-refractivity contribution in [3.63, 3.8) is 0 Å². The largest absolute Gasteiger partial charge is 0.462 e. The van der Waals surface area contributed by atoms with Gasteiger partial charge in [0.1, 0.15) is 12.7 Å². The van der Waals surface area contributed by atoms with E-state index in [2.05, 4.69) is 0 Å². The van der Waals surface area contributed by atoms with E-state index in [1.807, 2.05) is 20.8 Å². The molecule has 4 saturated carbocycles. The summed E-state index contributed by atoms with van der Waals surface area (Å²) >= 11 is 0. The molecule has 4 aliphatic carbocycles. The van der Waals surface area contributed by atoms with E-state index in [4.69, 9.17) is 14.2 Å². The SMILES string of the molecule is CCC(C)(C)C(=O)OCC1COC(C23CC4CC(CC(C4)C2)C3)O1. The zero-order valence-corrected chi connectivity index (χ0v) is 15.4. The molecule has 0 aromatic carbocycles. The third-order valence-corrected chi connectivity index (χ3v) is 7.17. The number of hydrogen-bond donors (Lipinski definition) is 0. The summed E-state index contributed by atoms with van der Waals surface area (Å²) in [5.74, 6) is 2.55. The van der Waals surface area contributed by atoms with Gasteiger partial charge in [-0.3, -0.25) is 4.79 Å². The second-order valence-corrected chi connectivity index (χ2v) is 9.54. The first kappa shape index (κ1) is 16.8. The van der Waals surface area contributed by atoms with Gasteiger partial charge in [0.15, 0.2) is 6.29 Å². The number of esters is 1. The molecule has 1 heterocycles. The van der Waals surface area contributed by atoms with Gasteiger partial charge in [-0.1, -0.05) is 6.92 Å². The predicted octanol–water partition coefficient (Wildman–Crippen LogP) is 3.92. The monoisotopic (exact) mass is 336 g/mol. The molecule has 0 N–H and O–H groups in total. The maximum Gasteiger partial charge on any atom is 0.311 e. The van der Waals surface area contributed by atoms with Crippen LogP contribution in [0.2, 0.25) is 0 Å². The second-order valence-electron chi connectivity index (χ2n) is 9.54. The molecule has 0 radical (unpaired) electrons. The molecule has 2 unspecified atom stereocenters. The minimum atomic E-state index is -0.418. The van der Waals surface area contributed by atoms with Gasteiger partial charge in [0.2, 0.25) is 0 Å². The maximum absolute atomic E-state index is 12.1. The Kier molecular flexibility index (Phi) is 4.20. The van der Waals surface area contributed by atoms with Gasteiger partial charge in [-0.15, -0.1) is 0 Å². The molecule has 0 amide bonds. The van der Waals surface area contributed by atoms with E-state index in [0.717, 1.165) is 24.2 Å². The van der Waals surface area contributed by atoms with Crippen LogP contribution in [-0.4, -0.2) is 31.6 Å². The lowest BCUT2D eigenvalue weighted by Gasteiger charge is -2.58. The van der Waals surface area contributed by atoms with Crippen LogP contribution in [0.15, 0.2) is 0 Å². The zero-order valence-electron chi connectivity index (χ0n) is 15.4. The summed E-state index contributed by atoms with van der Waals surface area (Å²) in [6.45, 7) is 6.76.